The van der Waals surface area contributed by atoms with Crippen LogP contribution in [0, 0.1) is 12.8 Å². The molecule has 1 N–H and O–H groups in total. The van der Waals surface area contributed by atoms with Gasteiger partial charge in [0, 0.05) is 5.92 Å². The first-order valence-corrected chi connectivity index (χ1v) is 6.71. The highest BCUT2D eigenvalue weighted by Gasteiger charge is 2.40. The molecule has 0 spiro atoms. The van der Waals surface area contributed by atoms with E-state index in [2.05, 4.69) is 4.90 Å². The standard InChI is InChI=1S/C15H19NO2.ClH/c1-10-2-3-14(17)12(8-10)9-13-15(18)11-4-6-16(13)7-5-11;/h2-3,8,11,13,17H,4-7,9H2,1H3;1H. The molecule has 104 valence electrons. The first-order chi connectivity index (χ1) is 8.65. The van der Waals surface area contributed by atoms with E-state index in [4.69, 9.17) is 0 Å². The first kappa shape index (κ1) is 14.4. The zero-order valence-corrected chi connectivity index (χ0v) is 11.9. The number of fused-ring (bicyclic) bond motifs is 3. The van der Waals surface area contributed by atoms with Gasteiger partial charge in [-0.3, -0.25) is 9.69 Å². The number of benzene rings is 1. The maximum Gasteiger partial charge on any atom is 0.153 e. The highest BCUT2D eigenvalue weighted by molar-refractivity contribution is 5.88. The van der Waals surface area contributed by atoms with Gasteiger partial charge in [-0.2, -0.15) is 0 Å². The number of piperidine rings is 3. The minimum absolute atomic E-state index is 0. The summed E-state index contributed by atoms with van der Waals surface area (Å²) in [5.41, 5.74) is 2.03. The summed E-state index contributed by atoms with van der Waals surface area (Å²) in [5.74, 6) is 0.969. The molecular weight excluding hydrogens is 262 g/mol. The Morgan fingerprint density at radius 2 is 2.00 bits per heavy atom. The molecule has 3 aliphatic rings. The summed E-state index contributed by atoms with van der Waals surface area (Å²) in [4.78, 5) is 14.5. The van der Waals surface area contributed by atoms with Crippen LogP contribution in [-0.4, -0.2) is 34.9 Å². The highest BCUT2D eigenvalue weighted by atomic mass is 35.5. The van der Waals surface area contributed by atoms with Gasteiger partial charge in [-0.05, 0) is 50.9 Å². The van der Waals surface area contributed by atoms with Gasteiger partial charge in [-0.1, -0.05) is 17.7 Å². The minimum atomic E-state index is -0.00907. The molecule has 4 heteroatoms. The summed E-state index contributed by atoms with van der Waals surface area (Å²) in [6, 6.07) is 5.61. The Kier molecular flexibility index (Phi) is 4.16. The smallest absolute Gasteiger partial charge is 0.153 e. The van der Waals surface area contributed by atoms with Gasteiger partial charge in [-0.15, -0.1) is 12.4 Å². The van der Waals surface area contributed by atoms with Crippen LogP contribution >= 0.6 is 12.4 Å². The SMILES string of the molecule is Cc1ccc(O)c(CC2C(=O)C3CCN2CC3)c1.Cl. The maximum atomic E-state index is 12.3. The number of phenolic OH excluding ortho intramolecular Hbond substituents is 1. The Labute approximate surface area is 120 Å². The number of rotatable bonds is 2. The number of carbonyl (C=O) groups excluding carboxylic acids is 1. The number of nitrogens with zero attached hydrogens (tertiary/aromatic N) is 1. The van der Waals surface area contributed by atoms with Crippen LogP contribution in [0.5, 0.6) is 5.75 Å². The number of ketones is 1. The normalized spacial score (nSPS) is 29.1. The molecule has 1 unspecified atom stereocenters. The van der Waals surface area contributed by atoms with Crippen molar-refractivity contribution in [3.63, 3.8) is 0 Å². The molecule has 1 atom stereocenters. The number of aryl methyl sites for hydroxylation is 1. The van der Waals surface area contributed by atoms with E-state index >= 15 is 0 Å². The molecule has 3 nitrogen and oxygen atoms in total. The molecule has 0 aliphatic carbocycles. The average Bonchev–Trinajstić information content (AvgIpc) is 2.38. The second kappa shape index (κ2) is 5.51. The zero-order valence-electron chi connectivity index (χ0n) is 11.1. The third kappa shape index (κ3) is 2.63. The van der Waals surface area contributed by atoms with Gasteiger partial charge in [0.15, 0.2) is 5.78 Å². The van der Waals surface area contributed by atoms with E-state index in [0.717, 1.165) is 37.1 Å². The van der Waals surface area contributed by atoms with Crippen molar-refractivity contribution in [3.05, 3.63) is 29.3 Å². The van der Waals surface area contributed by atoms with Gasteiger partial charge < -0.3 is 5.11 Å². The van der Waals surface area contributed by atoms with Crippen LogP contribution < -0.4 is 0 Å². The molecule has 3 aliphatic heterocycles. The molecule has 0 aromatic heterocycles. The van der Waals surface area contributed by atoms with Crippen molar-refractivity contribution in [2.24, 2.45) is 5.92 Å². The van der Waals surface area contributed by atoms with E-state index in [-0.39, 0.29) is 24.4 Å². The Morgan fingerprint density at radius 3 is 2.63 bits per heavy atom. The van der Waals surface area contributed by atoms with Crippen molar-refractivity contribution in [2.45, 2.75) is 32.2 Å². The van der Waals surface area contributed by atoms with Crippen molar-refractivity contribution in [1.29, 1.82) is 0 Å². The second-order valence-electron chi connectivity index (χ2n) is 5.56. The van der Waals surface area contributed by atoms with Crippen LogP contribution in [0.4, 0.5) is 0 Å². The van der Waals surface area contributed by atoms with Gasteiger partial charge in [0.1, 0.15) is 5.75 Å². The van der Waals surface area contributed by atoms with Gasteiger partial charge in [0.2, 0.25) is 0 Å². The monoisotopic (exact) mass is 281 g/mol. The van der Waals surface area contributed by atoms with Gasteiger partial charge in [-0.25, -0.2) is 0 Å². The second-order valence-corrected chi connectivity index (χ2v) is 5.56. The lowest BCUT2D eigenvalue weighted by atomic mass is 9.80. The molecule has 0 radical (unpaired) electrons. The number of aromatic hydroxyl groups is 1. The number of carbonyl (C=O) groups is 1. The summed E-state index contributed by atoms with van der Waals surface area (Å²) in [5, 5.41) is 9.89. The zero-order chi connectivity index (χ0) is 12.7. The van der Waals surface area contributed by atoms with Crippen molar-refractivity contribution >= 4 is 18.2 Å². The number of Topliss-reactive ketones (excluding diaryl/α,β-unsaturated/α-hetero) is 1. The molecule has 19 heavy (non-hydrogen) atoms. The predicted octanol–water partition coefficient (Wildman–Crippen LogP) is 2.33. The first-order valence-electron chi connectivity index (χ1n) is 6.71. The van der Waals surface area contributed by atoms with E-state index in [1.165, 1.54) is 0 Å². The molecule has 1 aromatic carbocycles. The quantitative estimate of drug-likeness (QED) is 0.904. The van der Waals surface area contributed by atoms with Crippen LogP contribution in [0.2, 0.25) is 0 Å². The fourth-order valence-electron chi connectivity index (χ4n) is 3.26. The lowest BCUT2D eigenvalue weighted by molar-refractivity contribution is -0.136. The third-order valence-electron chi connectivity index (χ3n) is 4.35. The third-order valence-corrected chi connectivity index (χ3v) is 4.35. The summed E-state index contributed by atoms with van der Waals surface area (Å²) in [6.07, 6.45) is 2.70. The lowest BCUT2D eigenvalue weighted by Gasteiger charge is -2.44. The van der Waals surface area contributed by atoms with Crippen LogP contribution in [0.3, 0.4) is 0 Å². The van der Waals surface area contributed by atoms with Crippen molar-refractivity contribution in [3.8, 4) is 5.75 Å². The number of hydrogen-bond acceptors (Lipinski definition) is 3. The molecule has 3 heterocycles. The summed E-state index contributed by atoms with van der Waals surface area (Å²) in [6.45, 7) is 4.08. The largest absolute Gasteiger partial charge is 0.508 e. The molecule has 2 bridgehead atoms. The molecule has 1 aromatic rings. The van der Waals surface area contributed by atoms with E-state index in [1.807, 2.05) is 19.1 Å². The lowest BCUT2D eigenvalue weighted by Crippen LogP contribution is -2.56. The summed E-state index contributed by atoms with van der Waals surface area (Å²) in [7, 11) is 0. The minimum Gasteiger partial charge on any atom is -0.508 e. The van der Waals surface area contributed by atoms with Crippen molar-refractivity contribution in [1.82, 2.24) is 4.90 Å². The summed E-state index contributed by atoms with van der Waals surface area (Å²) >= 11 is 0. The average molecular weight is 282 g/mol. The predicted molar refractivity (Wildman–Crippen MR) is 76.9 cm³/mol. The fourth-order valence-corrected chi connectivity index (χ4v) is 3.26. The van der Waals surface area contributed by atoms with Gasteiger partial charge in [0.05, 0.1) is 6.04 Å². The molecule has 3 saturated heterocycles. The number of halogens is 1. The highest BCUT2D eigenvalue weighted by Crippen LogP contribution is 2.32. The Balaban J connectivity index is 0.00000133. The molecule has 0 amide bonds. The molecule has 4 rings (SSSR count). The van der Waals surface area contributed by atoms with E-state index in [0.29, 0.717) is 18.0 Å². The Hall–Kier alpha value is -1.06. The number of hydrogen-bond donors (Lipinski definition) is 1. The molecule has 3 fully saturated rings. The van der Waals surface area contributed by atoms with Crippen LogP contribution in [0.1, 0.15) is 24.0 Å². The molecule has 0 saturated carbocycles. The summed E-state index contributed by atoms with van der Waals surface area (Å²) < 4.78 is 0. The van der Waals surface area contributed by atoms with E-state index < -0.39 is 0 Å². The van der Waals surface area contributed by atoms with Crippen LogP contribution in [-0.2, 0) is 11.2 Å². The Bertz CT molecular complexity index is 481. The van der Waals surface area contributed by atoms with E-state index in [9.17, 15) is 9.90 Å². The van der Waals surface area contributed by atoms with Crippen LogP contribution in [0.15, 0.2) is 18.2 Å². The Morgan fingerprint density at radius 1 is 1.32 bits per heavy atom. The topological polar surface area (TPSA) is 40.5 Å². The fraction of sp³-hybridized carbons (Fsp3) is 0.533. The number of phenols is 1. The van der Waals surface area contributed by atoms with Crippen molar-refractivity contribution < 1.29 is 9.90 Å². The van der Waals surface area contributed by atoms with Crippen LogP contribution in [0.25, 0.3) is 0 Å². The molecular formula is C15H20ClNO2. The van der Waals surface area contributed by atoms with Gasteiger partial charge >= 0.3 is 0 Å². The van der Waals surface area contributed by atoms with Crippen molar-refractivity contribution in [2.75, 3.05) is 13.1 Å². The van der Waals surface area contributed by atoms with Gasteiger partial charge in [0.25, 0.3) is 0 Å². The van der Waals surface area contributed by atoms with E-state index in [1.54, 1.807) is 6.07 Å². The maximum absolute atomic E-state index is 12.3.